The third-order valence-corrected chi connectivity index (χ3v) is 6.32. The van der Waals surface area contributed by atoms with Gasteiger partial charge in [-0.3, -0.25) is 24.5 Å². The molecule has 2 amide bonds. The summed E-state index contributed by atoms with van der Waals surface area (Å²) in [6.45, 7) is 6.44. The van der Waals surface area contributed by atoms with Crippen molar-refractivity contribution in [1.82, 2.24) is 25.1 Å². The second-order valence-corrected chi connectivity index (χ2v) is 8.64. The molecule has 0 aliphatic carbocycles. The number of morpholine rings is 1. The number of rotatable bonds is 5. The maximum Gasteiger partial charge on any atom is 0.269 e. The van der Waals surface area contributed by atoms with E-state index in [9.17, 15) is 9.59 Å². The van der Waals surface area contributed by atoms with Crippen molar-refractivity contribution >= 4 is 11.8 Å². The van der Waals surface area contributed by atoms with Crippen molar-refractivity contribution in [2.24, 2.45) is 5.92 Å². The van der Waals surface area contributed by atoms with Gasteiger partial charge in [-0.25, -0.2) is 0 Å². The van der Waals surface area contributed by atoms with Crippen LogP contribution in [0.2, 0.25) is 0 Å². The number of hydrogen-bond acceptors (Lipinski definition) is 6. The molecule has 0 bridgehead atoms. The average Bonchev–Trinajstić information content (AvgIpc) is 2.84. The molecule has 2 aliphatic heterocycles. The minimum Gasteiger partial charge on any atom is -0.369 e. The van der Waals surface area contributed by atoms with E-state index in [0.717, 1.165) is 49.3 Å². The number of hydrogen-bond donors (Lipinski definition) is 1. The lowest BCUT2D eigenvalue weighted by Gasteiger charge is -2.35. The molecule has 0 unspecified atom stereocenters. The fraction of sp³-hybridized carbons (Fsp3) is 0.500. The SMILES string of the molecule is CNC(=O)c1ccc(-c2ccc([C@@H]3CN(CC(=O)N4CCC(C)CC4)CCO3)nc2)cn1. The van der Waals surface area contributed by atoms with E-state index in [-0.39, 0.29) is 17.9 Å². The number of carbonyl (C=O) groups excluding carboxylic acids is 2. The maximum atomic E-state index is 12.7. The monoisotopic (exact) mass is 437 g/mol. The maximum absolute atomic E-state index is 12.7. The number of pyridine rings is 2. The fourth-order valence-corrected chi connectivity index (χ4v) is 4.17. The summed E-state index contributed by atoms with van der Waals surface area (Å²) < 4.78 is 5.95. The van der Waals surface area contributed by atoms with Crippen molar-refractivity contribution in [2.45, 2.75) is 25.9 Å². The van der Waals surface area contributed by atoms with Gasteiger partial charge in [0.2, 0.25) is 5.91 Å². The third-order valence-electron chi connectivity index (χ3n) is 6.32. The third kappa shape index (κ3) is 5.31. The van der Waals surface area contributed by atoms with Crippen LogP contribution in [0, 0.1) is 5.92 Å². The van der Waals surface area contributed by atoms with Crippen molar-refractivity contribution in [3.05, 3.63) is 48.0 Å². The average molecular weight is 438 g/mol. The molecule has 0 aromatic carbocycles. The number of amides is 2. The van der Waals surface area contributed by atoms with E-state index in [1.807, 2.05) is 23.1 Å². The lowest BCUT2D eigenvalue weighted by atomic mass is 9.99. The van der Waals surface area contributed by atoms with E-state index in [1.54, 1.807) is 25.5 Å². The molecule has 0 radical (unpaired) electrons. The molecular weight excluding hydrogens is 406 g/mol. The second kappa shape index (κ2) is 10.2. The van der Waals surface area contributed by atoms with E-state index >= 15 is 0 Å². The first-order valence-electron chi connectivity index (χ1n) is 11.3. The van der Waals surface area contributed by atoms with Gasteiger partial charge >= 0.3 is 0 Å². The van der Waals surface area contributed by atoms with E-state index in [2.05, 4.69) is 27.1 Å². The molecule has 4 heterocycles. The summed E-state index contributed by atoms with van der Waals surface area (Å²) in [5.41, 5.74) is 3.05. The Labute approximate surface area is 189 Å². The first kappa shape index (κ1) is 22.4. The Hall–Kier alpha value is -2.84. The van der Waals surface area contributed by atoms with Gasteiger partial charge in [0.25, 0.3) is 5.91 Å². The van der Waals surface area contributed by atoms with Crippen LogP contribution >= 0.6 is 0 Å². The van der Waals surface area contributed by atoms with Crippen molar-refractivity contribution in [2.75, 3.05) is 46.4 Å². The van der Waals surface area contributed by atoms with Gasteiger partial charge in [0, 0.05) is 56.7 Å². The van der Waals surface area contributed by atoms with Crippen LogP contribution in [0.5, 0.6) is 0 Å². The Morgan fingerprint density at radius 2 is 1.78 bits per heavy atom. The highest BCUT2D eigenvalue weighted by Crippen LogP contribution is 2.24. The Balaban J connectivity index is 1.35. The quantitative estimate of drug-likeness (QED) is 0.771. The summed E-state index contributed by atoms with van der Waals surface area (Å²) in [5.74, 6) is 0.719. The van der Waals surface area contributed by atoms with Gasteiger partial charge in [-0.1, -0.05) is 19.1 Å². The smallest absolute Gasteiger partial charge is 0.269 e. The molecular formula is C24H31N5O3. The first-order valence-corrected chi connectivity index (χ1v) is 11.3. The topological polar surface area (TPSA) is 87.7 Å². The largest absolute Gasteiger partial charge is 0.369 e. The molecule has 2 fully saturated rings. The van der Waals surface area contributed by atoms with Crippen LogP contribution in [-0.4, -0.2) is 78.0 Å². The van der Waals surface area contributed by atoms with E-state index in [0.29, 0.717) is 31.3 Å². The molecule has 4 rings (SSSR count). The van der Waals surface area contributed by atoms with Gasteiger partial charge < -0.3 is 15.0 Å². The lowest BCUT2D eigenvalue weighted by molar-refractivity contribution is -0.135. The zero-order valence-electron chi connectivity index (χ0n) is 18.8. The first-order chi connectivity index (χ1) is 15.5. The zero-order valence-corrected chi connectivity index (χ0v) is 18.8. The molecule has 1 N–H and O–H groups in total. The summed E-state index contributed by atoms with van der Waals surface area (Å²) in [4.78, 5) is 37.3. The van der Waals surface area contributed by atoms with Gasteiger partial charge in [-0.2, -0.15) is 0 Å². The van der Waals surface area contributed by atoms with Gasteiger partial charge in [0.1, 0.15) is 11.8 Å². The lowest BCUT2D eigenvalue weighted by Crippen LogP contribution is -2.47. The number of aromatic nitrogens is 2. The van der Waals surface area contributed by atoms with Crippen LogP contribution in [0.25, 0.3) is 11.1 Å². The van der Waals surface area contributed by atoms with Gasteiger partial charge in [0.05, 0.1) is 18.8 Å². The Morgan fingerprint density at radius 1 is 1.06 bits per heavy atom. The number of ether oxygens (including phenoxy) is 1. The standard InChI is InChI=1S/C24H31N5O3/c1-17-7-9-29(10-8-17)23(30)16-28-11-12-32-22(15-28)20-5-3-18(13-26-20)19-4-6-21(27-14-19)24(31)25-2/h3-6,13-14,17,22H,7-12,15-16H2,1-2H3,(H,25,31)/t22-/m0/s1. The van der Waals surface area contributed by atoms with Crippen molar-refractivity contribution in [3.63, 3.8) is 0 Å². The van der Waals surface area contributed by atoms with Gasteiger partial charge in [0.15, 0.2) is 0 Å². The molecule has 2 saturated heterocycles. The van der Waals surface area contributed by atoms with Crippen LogP contribution in [0.4, 0.5) is 0 Å². The molecule has 2 aromatic heterocycles. The van der Waals surface area contributed by atoms with Crippen LogP contribution in [-0.2, 0) is 9.53 Å². The van der Waals surface area contributed by atoms with Gasteiger partial charge in [-0.15, -0.1) is 0 Å². The molecule has 0 spiro atoms. The Morgan fingerprint density at radius 3 is 2.41 bits per heavy atom. The number of likely N-dealkylation sites (tertiary alicyclic amines) is 1. The van der Waals surface area contributed by atoms with Crippen LogP contribution < -0.4 is 5.32 Å². The predicted octanol–water partition coefficient (Wildman–Crippen LogP) is 2.13. The van der Waals surface area contributed by atoms with E-state index in [4.69, 9.17) is 4.74 Å². The van der Waals surface area contributed by atoms with E-state index < -0.39 is 0 Å². The van der Waals surface area contributed by atoms with Crippen LogP contribution in [0.3, 0.4) is 0 Å². The molecule has 2 aliphatic rings. The summed E-state index contributed by atoms with van der Waals surface area (Å²) in [6.07, 6.45) is 5.51. The Bertz CT molecular complexity index is 924. The molecule has 0 saturated carbocycles. The highest BCUT2D eigenvalue weighted by Gasteiger charge is 2.27. The number of nitrogens with one attached hydrogen (secondary N) is 1. The molecule has 2 aromatic rings. The van der Waals surface area contributed by atoms with Crippen LogP contribution in [0.1, 0.15) is 42.1 Å². The summed E-state index contributed by atoms with van der Waals surface area (Å²) in [5, 5.41) is 2.56. The number of nitrogens with zero attached hydrogens (tertiary/aromatic N) is 4. The van der Waals surface area contributed by atoms with Crippen LogP contribution in [0.15, 0.2) is 36.7 Å². The zero-order chi connectivity index (χ0) is 22.5. The molecule has 170 valence electrons. The fourth-order valence-electron chi connectivity index (χ4n) is 4.17. The van der Waals surface area contributed by atoms with E-state index in [1.165, 1.54) is 0 Å². The predicted molar refractivity (Wildman–Crippen MR) is 121 cm³/mol. The van der Waals surface area contributed by atoms with Gasteiger partial charge in [-0.05, 0) is 30.9 Å². The minimum atomic E-state index is -0.211. The Kier molecular flexibility index (Phi) is 7.12. The van der Waals surface area contributed by atoms with Crippen molar-refractivity contribution in [1.29, 1.82) is 0 Å². The normalized spacial score (nSPS) is 20.2. The van der Waals surface area contributed by atoms with Crippen molar-refractivity contribution in [3.8, 4) is 11.1 Å². The summed E-state index contributed by atoms with van der Waals surface area (Å²) in [6, 6.07) is 7.51. The highest BCUT2D eigenvalue weighted by molar-refractivity contribution is 5.92. The molecule has 8 nitrogen and oxygen atoms in total. The molecule has 1 atom stereocenters. The minimum absolute atomic E-state index is 0.152. The number of piperidine rings is 1. The highest BCUT2D eigenvalue weighted by atomic mass is 16.5. The molecule has 8 heteroatoms. The second-order valence-electron chi connectivity index (χ2n) is 8.64. The summed E-state index contributed by atoms with van der Waals surface area (Å²) in [7, 11) is 1.58. The number of carbonyl (C=O) groups is 2. The molecule has 32 heavy (non-hydrogen) atoms. The van der Waals surface area contributed by atoms with Crippen molar-refractivity contribution < 1.29 is 14.3 Å². The summed E-state index contributed by atoms with van der Waals surface area (Å²) >= 11 is 0.